The van der Waals surface area contributed by atoms with Crippen molar-refractivity contribution in [3.63, 3.8) is 0 Å². The van der Waals surface area contributed by atoms with Crippen LogP contribution in [-0.4, -0.2) is 50.5 Å². The summed E-state index contributed by atoms with van der Waals surface area (Å²) in [6.45, 7) is 1.25. The standard InChI is InChI=1S/C13H18N2O5/c1-14(2)5-4-6-20-13-8-11(15(17)18)10(9-16)7-12(13)19-3/h7-9H,4-6H2,1-3H3. The highest BCUT2D eigenvalue weighted by Crippen LogP contribution is 2.34. The summed E-state index contributed by atoms with van der Waals surface area (Å²) in [4.78, 5) is 23.1. The number of ether oxygens (including phenoxy) is 2. The number of methoxy groups -OCH3 is 1. The number of benzene rings is 1. The first-order valence-electron chi connectivity index (χ1n) is 6.08. The zero-order valence-electron chi connectivity index (χ0n) is 11.8. The van der Waals surface area contributed by atoms with Crippen LogP contribution in [0.3, 0.4) is 0 Å². The summed E-state index contributed by atoms with van der Waals surface area (Å²) < 4.78 is 10.6. The van der Waals surface area contributed by atoms with E-state index >= 15 is 0 Å². The molecule has 0 bridgehead atoms. The minimum Gasteiger partial charge on any atom is -0.493 e. The molecule has 0 N–H and O–H groups in total. The zero-order chi connectivity index (χ0) is 15.1. The summed E-state index contributed by atoms with van der Waals surface area (Å²) in [7, 11) is 5.32. The molecule has 1 aromatic carbocycles. The second-order valence-corrected chi connectivity index (χ2v) is 4.44. The van der Waals surface area contributed by atoms with Gasteiger partial charge in [-0.3, -0.25) is 14.9 Å². The predicted octanol–water partition coefficient (Wildman–Crippen LogP) is 1.75. The van der Waals surface area contributed by atoms with Crippen LogP contribution in [0.2, 0.25) is 0 Å². The number of nitro groups is 1. The molecule has 110 valence electrons. The smallest absolute Gasteiger partial charge is 0.283 e. The summed E-state index contributed by atoms with van der Waals surface area (Å²) in [5.74, 6) is 0.575. The van der Waals surface area contributed by atoms with E-state index in [4.69, 9.17) is 9.47 Å². The van der Waals surface area contributed by atoms with Gasteiger partial charge in [-0.15, -0.1) is 0 Å². The maximum Gasteiger partial charge on any atom is 0.283 e. The van der Waals surface area contributed by atoms with Crippen LogP contribution >= 0.6 is 0 Å². The van der Waals surface area contributed by atoms with Crippen molar-refractivity contribution < 1.29 is 19.2 Å². The van der Waals surface area contributed by atoms with Gasteiger partial charge < -0.3 is 14.4 Å². The Balaban J connectivity index is 2.90. The first-order chi connectivity index (χ1) is 9.49. The Hall–Kier alpha value is -2.15. The number of aldehydes is 1. The van der Waals surface area contributed by atoms with E-state index in [0.717, 1.165) is 13.0 Å². The topological polar surface area (TPSA) is 81.9 Å². The van der Waals surface area contributed by atoms with Crippen molar-refractivity contribution in [2.75, 3.05) is 34.4 Å². The summed E-state index contributed by atoms with van der Waals surface area (Å²) in [5.41, 5.74) is -0.323. The fourth-order valence-electron chi connectivity index (χ4n) is 1.65. The van der Waals surface area contributed by atoms with Crippen LogP contribution in [0.1, 0.15) is 16.8 Å². The maximum atomic E-state index is 10.9. The second kappa shape index (κ2) is 7.44. The third kappa shape index (κ3) is 4.20. The summed E-state index contributed by atoms with van der Waals surface area (Å²) in [6, 6.07) is 2.53. The predicted molar refractivity (Wildman–Crippen MR) is 73.7 cm³/mol. The molecule has 1 aromatic rings. The van der Waals surface area contributed by atoms with Gasteiger partial charge in [0.25, 0.3) is 5.69 Å². The molecule has 0 saturated carbocycles. The average Bonchev–Trinajstić information content (AvgIpc) is 2.42. The van der Waals surface area contributed by atoms with Crippen LogP contribution in [0.15, 0.2) is 12.1 Å². The van der Waals surface area contributed by atoms with Gasteiger partial charge in [0.05, 0.1) is 30.3 Å². The molecule has 7 heteroatoms. The Labute approximate surface area is 117 Å². The van der Waals surface area contributed by atoms with Gasteiger partial charge in [-0.25, -0.2) is 0 Å². The highest BCUT2D eigenvalue weighted by Gasteiger charge is 2.19. The maximum absolute atomic E-state index is 10.9. The highest BCUT2D eigenvalue weighted by atomic mass is 16.6. The number of hydrogen-bond donors (Lipinski definition) is 0. The van der Waals surface area contributed by atoms with Gasteiger partial charge in [-0.1, -0.05) is 0 Å². The molecule has 1 rings (SSSR count). The lowest BCUT2D eigenvalue weighted by Crippen LogP contribution is -2.15. The van der Waals surface area contributed by atoms with Crippen molar-refractivity contribution >= 4 is 12.0 Å². The first-order valence-corrected chi connectivity index (χ1v) is 6.08. The van der Waals surface area contributed by atoms with E-state index < -0.39 is 4.92 Å². The van der Waals surface area contributed by atoms with Crippen molar-refractivity contribution in [1.82, 2.24) is 4.90 Å². The van der Waals surface area contributed by atoms with E-state index in [9.17, 15) is 14.9 Å². The van der Waals surface area contributed by atoms with Crippen molar-refractivity contribution in [1.29, 1.82) is 0 Å². The van der Waals surface area contributed by atoms with Crippen LogP contribution in [0.25, 0.3) is 0 Å². The molecule has 0 aliphatic carbocycles. The lowest BCUT2D eigenvalue weighted by molar-refractivity contribution is -0.385. The SMILES string of the molecule is COc1cc(C=O)c([N+](=O)[O-])cc1OCCCN(C)C. The molecule has 0 fully saturated rings. The van der Waals surface area contributed by atoms with E-state index in [0.29, 0.717) is 18.6 Å². The Bertz CT molecular complexity index is 488. The Kier molecular flexibility index (Phi) is 5.92. The van der Waals surface area contributed by atoms with Crippen LogP contribution in [0, 0.1) is 10.1 Å². The normalized spacial score (nSPS) is 10.4. The van der Waals surface area contributed by atoms with E-state index in [1.165, 1.54) is 19.2 Å². The summed E-state index contributed by atoms with van der Waals surface area (Å²) >= 11 is 0. The second-order valence-electron chi connectivity index (χ2n) is 4.44. The molecular formula is C13H18N2O5. The van der Waals surface area contributed by atoms with Crippen molar-refractivity contribution in [3.8, 4) is 11.5 Å². The molecule has 20 heavy (non-hydrogen) atoms. The summed E-state index contributed by atoms with van der Waals surface area (Å²) in [5, 5.41) is 10.9. The molecule has 0 amide bonds. The molecule has 0 heterocycles. The van der Waals surface area contributed by atoms with Gasteiger partial charge in [0, 0.05) is 12.6 Å². The molecule has 0 unspecified atom stereocenters. The molecule has 0 atom stereocenters. The Morgan fingerprint density at radius 1 is 1.35 bits per heavy atom. The Morgan fingerprint density at radius 3 is 2.55 bits per heavy atom. The third-order valence-corrected chi connectivity index (χ3v) is 2.64. The fraction of sp³-hybridized carbons (Fsp3) is 0.462. The van der Waals surface area contributed by atoms with E-state index in [1.807, 2.05) is 19.0 Å². The van der Waals surface area contributed by atoms with Crippen molar-refractivity contribution in [2.24, 2.45) is 0 Å². The quantitative estimate of drug-likeness (QED) is 0.313. The number of carbonyl (C=O) groups is 1. The summed E-state index contributed by atoms with van der Waals surface area (Å²) in [6.07, 6.45) is 1.20. The molecule has 0 spiro atoms. The van der Waals surface area contributed by atoms with Crippen molar-refractivity contribution in [2.45, 2.75) is 6.42 Å². The van der Waals surface area contributed by atoms with Gasteiger partial charge in [0.2, 0.25) is 0 Å². The molecule has 7 nitrogen and oxygen atoms in total. The minimum absolute atomic E-state index is 0.0347. The van der Waals surface area contributed by atoms with Crippen LogP contribution in [0.5, 0.6) is 11.5 Å². The monoisotopic (exact) mass is 282 g/mol. The number of hydrogen-bond acceptors (Lipinski definition) is 6. The number of carbonyl (C=O) groups excluding carboxylic acids is 1. The zero-order valence-corrected chi connectivity index (χ0v) is 11.8. The molecule has 0 radical (unpaired) electrons. The number of nitrogens with zero attached hydrogens (tertiary/aromatic N) is 2. The van der Waals surface area contributed by atoms with E-state index in [2.05, 4.69) is 0 Å². The van der Waals surface area contributed by atoms with Crippen LogP contribution < -0.4 is 9.47 Å². The first kappa shape index (κ1) is 15.9. The molecular weight excluding hydrogens is 264 g/mol. The lowest BCUT2D eigenvalue weighted by Gasteiger charge is -2.13. The number of nitro benzene ring substituents is 1. The highest BCUT2D eigenvalue weighted by molar-refractivity contribution is 5.83. The van der Waals surface area contributed by atoms with Gasteiger partial charge in [-0.2, -0.15) is 0 Å². The lowest BCUT2D eigenvalue weighted by atomic mass is 10.1. The fourth-order valence-corrected chi connectivity index (χ4v) is 1.65. The van der Waals surface area contributed by atoms with Gasteiger partial charge in [0.1, 0.15) is 0 Å². The molecule has 0 aliphatic rings. The molecule has 0 aromatic heterocycles. The largest absolute Gasteiger partial charge is 0.493 e. The average molecular weight is 282 g/mol. The Morgan fingerprint density at radius 2 is 2.05 bits per heavy atom. The number of rotatable bonds is 8. The van der Waals surface area contributed by atoms with Crippen LogP contribution in [-0.2, 0) is 0 Å². The van der Waals surface area contributed by atoms with Gasteiger partial charge in [0.15, 0.2) is 17.8 Å². The van der Waals surface area contributed by atoms with E-state index in [-0.39, 0.29) is 17.0 Å². The van der Waals surface area contributed by atoms with Crippen LogP contribution in [0.4, 0.5) is 5.69 Å². The molecule has 0 saturated heterocycles. The molecule has 0 aliphatic heterocycles. The van der Waals surface area contributed by atoms with Crippen molar-refractivity contribution in [3.05, 3.63) is 27.8 Å². The minimum atomic E-state index is -0.615. The van der Waals surface area contributed by atoms with Gasteiger partial charge in [-0.05, 0) is 20.5 Å². The van der Waals surface area contributed by atoms with E-state index in [1.54, 1.807) is 0 Å². The third-order valence-electron chi connectivity index (χ3n) is 2.64. The van der Waals surface area contributed by atoms with Gasteiger partial charge >= 0.3 is 0 Å².